The van der Waals surface area contributed by atoms with Crippen molar-refractivity contribution >= 4 is 7.05 Å². The molecule has 0 radical (unpaired) electrons. The smallest absolute Gasteiger partial charge is 0.158 e. The first kappa shape index (κ1) is 18.6. The first-order chi connectivity index (χ1) is 11.7. The summed E-state index contributed by atoms with van der Waals surface area (Å²) in [4.78, 5) is 0. The maximum absolute atomic E-state index is 3.17. The summed E-state index contributed by atoms with van der Waals surface area (Å²) in [5, 5.41) is 0. The van der Waals surface area contributed by atoms with Crippen molar-refractivity contribution in [3.63, 3.8) is 0 Å². The topological polar surface area (TPSA) is 3.01 Å². The van der Waals surface area contributed by atoms with Gasteiger partial charge in [-0.15, -0.1) is 0 Å². The zero-order valence-electron chi connectivity index (χ0n) is 18.0. The summed E-state index contributed by atoms with van der Waals surface area (Å²) >= 11 is 0. The minimum absolute atomic E-state index is 0.593. The zero-order chi connectivity index (χ0) is 18.1. The van der Waals surface area contributed by atoms with Crippen LogP contribution in [0.25, 0.3) is 0 Å². The monoisotopic (exact) mass is 364 g/mol. The van der Waals surface area contributed by atoms with Gasteiger partial charge in [-0.1, -0.05) is 27.7 Å². The minimum atomic E-state index is -1.10. The Kier molecular flexibility index (Phi) is 4.55. The lowest BCUT2D eigenvalue weighted by Gasteiger charge is -2.55. The molecule has 4 atom stereocenters. The molecule has 0 aromatic carbocycles. The number of nitrogens with zero attached hydrogens (tertiary/aromatic N) is 1. The average molecular weight is 365 g/mol. The van der Waals surface area contributed by atoms with Crippen LogP contribution in [0, 0.1) is 41.4 Å². The van der Waals surface area contributed by atoms with Crippen molar-refractivity contribution in [3.05, 3.63) is 0 Å². The number of hydrogen-bond acceptors (Lipinski definition) is 0. The predicted molar refractivity (Wildman–Crippen MR) is 111 cm³/mol. The molecule has 0 heterocycles. The van der Waals surface area contributed by atoms with Gasteiger partial charge >= 0.3 is 0 Å². The fraction of sp³-hybridized carbons (Fsp3) is 1.00. The molecule has 5 aliphatic rings. The van der Waals surface area contributed by atoms with Crippen molar-refractivity contribution in [3.8, 4) is 0 Å². The van der Waals surface area contributed by atoms with Crippen LogP contribution >= 0.6 is 7.05 Å². The van der Waals surface area contributed by atoms with Gasteiger partial charge in [-0.05, 0) is 67.6 Å². The fourth-order valence-electron chi connectivity index (χ4n) is 9.00. The third kappa shape index (κ3) is 2.65. The first-order valence-corrected chi connectivity index (χ1v) is 14.0. The highest BCUT2D eigenvalue weighted by Crippen LogP contribution is 2.65. The van der Waals surface area contributed by atoms with Crippen LogP contribution in [-0.2, 0) is 0 Å². The van der Waals surface area contributed by atoms with Crippen molar-refractivity contribution < 1.29 is 4.33 Å². The van der Waals surface area contributed by atoms with Gasteiger partial charge in [0, 0.05) is 38.3 Å². The second-order valence-electron chi connectivity index (χ2n) is 11.3. The largest absolute Gasteiger partial charge is 0.255 e. The van der Waals surface area contributed by atoms with Crippen molar-refractivity contribution in [1.29, 1.82) is 0 Å². The molecule has 25 heavy (non-hydrogen) atoms. The predicted octanol–water partition coefficient (Wildman–Crippen LogP) is 6.38. The molecule has 5 fully saturated rings. The Morgan fingerprint density at radius 1 is 0.760 bits per heavy atom. The van der Waals surface area contributed by atoms with E-state index in [0.29, 0.717) is 5.54 Å². The van der Waals surface area contributed by atoms with Gasteiger partial charge in [-0.2, -0.15) is 0 Å². The van der Waals surface area contributed by atoms with Crippen LogP contribution in [0.5, 0.6) is 0 Å². The molecule has 0 saturated heterocycles. The molecular formula is C23H43NP+. The molecule has 0 N–H and O–H groups in total. The summed E-state index contributed by atoms with van der Waals surface area (Å²) < 4.78 is 3.17. The summed E-state index contributed by atoms with van der Waals surface area (Å²) in [6.07, 6.45) is 9.32. The van der Waals surface area contributed by atoms with Crippen LogP contribution in [0.3, 0.4) is 0 Å². The molecule has 5 saturated carbocycles. The van der Waals surface area contributed by atoms with Gasteiger partial charge in [0.15, 0.2) is 5.54 Å². The van der Waals surface area contributed by atoms with Crippen molar-refractivity contribution in [2.45, 2.75) is 84.3 Å². The minimum Gasteiger partial charge on any atom is -0.255 e. The van der Waals surface area contributed by atoms with E-state index in [1.807, 2.05) is 0 Å². The van der Waals surface area contributed by atoms with E-state index in [1.54, 1.807) is 19.3 Å². The lowest BCUT2D eigenvalue weighted by Crippen LogP contribution is -2.56. The van der Waals surface area contributed by atoms with Crippen LogP contribution in [-0.4, -0.2) is 35.4 Å². The fourth-order valence-corrected chi connectivity index (χ4v) is 14.2. The van der Waals surface area contributed by atoms with Gasteiger partial charge in [0.25, 0.3) is 0 Å². The Hall–Kier alpha value is 0.230. The van der Waals surface area contributed by atoms with Crippen LogP contribution in [0.15, 0.2) is 0 Å². The molecule has 144 valence electrons. The molecule has 0 amide bonds. The third-order valence-electron chi connectivity index (χ3n) is 9.77. The third-order valence-corrected chi connectivity index (χ3v) is 14.1. The Labute approximate surface area is 157 Å². The summed E-state index contributed by atoms with van der Waals surface area (Å²) in [7, 11) is -1.10. The van der Waals surface area contributed by atoms with Gasteiger partial charge in [0.05, 0.1) is 7.05 Å². The van der Waals surface area contributed by atoms with Crippen molar-refractivity contribution in [2.75, 3.05) is 19.9 Å². The zero-order valence-corrected chi connectivity index (χ0v) is 18.9. The molecule has 0 aliphatic heterocycles. The van der Waals surface area contributed by atoms with Crippen LogP contribution < -0.4 is 0 Å². The molecular weight excluding hydrogens is 321 g/mol. The second kappa shape index (κ2) is 6.12. The highest BCUT2D eigenvalue weighted by Gasteiger charge is 2.59. The van der Waals surface area contributed by atoms with E-state index in [2.05, 4.69) is 52.3 Å². The second-order valence-corrected chi connectivity index (χ2v) is 15.3. The summed E-state index contributed by atoms with van der Waals surface area (Å²) in [6, 6.07) is 0. The summed E-state index contributed by atoms with van der Waals surface area (Å²) in [6.45, 7) is 19.5. The summed E-state index contributed by atoms with van der Waals surface area (Å²) in [5.41, 5.74) is 1.54. The standard InChI is InChI=1S/C23H43NP/c1-8-24(23-12-19-9-20(13-23)11-21(10-19)14-23)25(6,7)22-17(4)15(2)16(3)18(22)5/h15-22H,8-14H2,1-7H3/q+1. The molecule has 5 rings (SSSR count). The Balaban J connectivity index is 1.78. The van der Waals surface area contributed by atoms with Crippen LogP contribution in [0.1, 0.15) is 73.1 Å². The highest BCUT2D eigenvalue weighted by molar-refractivity contribution is 7.63. The molecule has 4 unspecified atom stereocenters. The maximum atomic E-state index is 3.17. The van der Waals surface area contributed by atoms with Crippen LogP contribution in [0.2, 0.25) is 0 Å². The van der Waals surface area contributed by atoms with Gasteiger partial charge < -0.3 is 0 Å². The Morgan fingerprint density at radius 3 is 1.52 bits per heavy atom. The van der Waals surface area contributed by atoms with E-state index < -0.39 is 7.05 Å². The molecule has 0 spiro atoms. The van der Waals surface area contributed by atoms with Gasteiger partial charge in [-0.3, -0.25) is 4.33 Å². The van der Waals surface area contributed by atoms with Gasteiger partial charge in [0.2, 0.25) is 0 Å². The average Bonchev–Trinajstić information content (AvgIpc) is 2.70. The SMILES string of the molecule is CC[N+](C12CC3CC(CC(C3)C1)C2)=P(C)(C)C1C(C)C(C)C(C)C1C. The van der Waals surface area contributed by atoms with Crippen molar-refractivity contribution in [1.82, 2.24) is 0 Å². The Bertz CT molecular complexity index is 536. The van der Waals surface area contributed by atoms with Gasteiger partial charge in [-0.25, -0.2) is 0 Å². The molecule has 0 aromatic rings. The van der Waals surface area contributed by atoms with E-state index in [-0.39, 0.29) is 0 Å². The molecule has 4 bridgehead atoms. The molecule has 5 aliphatic carbocycles. The summed E-state index contributed by atoms with van der Waals surface area (Å²) in [5.74, 6) is 6.79. The molecule has 2 heteroatoms. The van der Waals surface area contributed by atoms with E-state index >= 15 is 0 Å². The van der Waals surface area contributed by atoms with E-state index in [9.17, 15) is 0 Å². The Morgan fingerprint density at radius 2 is 1.16 bits per heavy atom. The maximum Gasteiger partial charge on any atom is 0.158 e. The van der Waals surface area contributed by atoms with E-state index in [0.717, 1.165) is 47.1 Å². The lowest BCUT2D eigenvalue weighted by atomic mass is 9.53. The van der Waals surface area contributed by atoms with E-state index in [1.165, 1.54) is 25.8 Å². The lowest BCUT2D eigenvalue weighted by molar-refractivity contribution is -0.607. The number of hydrogen-bond donors (Lipinski definition) is 0. The quantitative estimate of drug-likeness (QED) is 0.512. The van der Waals surface area contributed by atoms with Crippen LogP contribution in [0.4, 0.5) is 0 Å². The first-order valence-electron chi connectivity index (χ1n) is 11.3. The van der Waals surface area contributed by atoms with Crippen molar-refractivity contribution in [2.24, 2.45) is 41.4 Å². The number of rotatable bonds is 3. The normalized spacial score (nSPS) is 52.0. The molecule has 0 aromatic heterocycles. The van der Waals surface area contributed by atoms with Gasteiger partial charge in [0.1, 0.15) is 6.54 Å². The van der Waals surface area contributed by atoms with E-state index in [4.69, 9.17) is 0 Å². The highest BCUT2D eigenvalue weighted by atomic mass is 31.2. The molecule has 1 nitrogen and oxygen atoms in total.